The van der Waals surface area contributed by atoms with Crippen LogP contribution in [0.15, 0.2) is 117 Å². The van der Waals surface area contributed by atoms with Crippen LogP contribution in [0.5, 0.6) is 17.2 Å². The van der Waals surface area contributed by atoms with E-state index in [1.807, 2.05) is 48.5 Å². The van der Waals surface area contributed by atoms with Gasteiger partial charge in [-0.25, -0.2) is 8.42 Å². The predicted octanol–water partition coefficient (Wildman–Crippen LogP) is 8.04. The van der Waals surface area contributed by atoms with E-state index in [9.17, 15) is 13.0 Å². The van der Waals surface area contributed by atoms with Gasteiger partial charge in [0.05, 0.1) is 34.1 Å². The average Bonchev–Trinajstić information content (AvgIpc) is 2.91. The molecule has 0 bridgehead atoms. The van der Waals surface area contributed by atoms with Crippen molar-refractivity contribution in [2.45, 2.75) is 86.4 Å². The van der Waals surface area contributed by atoms with Gasteiger partial charge in [0.25, 0.3) is 0 Å². The topological polar surface area (TPSA) is 84.9 Å². The van der Waals surface area contributed by atoms with Gasteiger partial charge in [0.1, 0.15) is 27.4 Å². The maximum Gasteiger partial charge on any atom is 0.166 e. The van der Waals surface area contributed by atoms with Crippen molar-refractivity contribution in [2.75, 3.05) is 0 Å². The van der Waals surface area contributed by atoms with Crippen molar-refractivity contribution in [3.05, 3.63) is 103 Å². The molecule has 0 unspecified atom stereocenters. The fraction of sp³-hybridized carbons (Fsp3) is 0.294. The molecule has 0 saturated heterocycles. The maximum absolute atomic E-state index is 10.4. The molecule has 4 aromatic rings. The van der Waals surface area contributed by atoms with Crippen LogP contribution in [0.25, 0.3) is 0 Å². The summed E-state index contributed by atoms with van der Waals surface area (Å²) in [5.74, 6) is 2.68. The fourth-order valence-electron chi connectivity index (χ4n) is 3.89. The van der Waals surface area contributed by atoms with E-state index in [-0.39, 0.29) is 34.1 Å². The van der Waals surface area contributed by atoms with E-state index in [1.165, 1.54) is 26.8 Å². The minimum absolute atomic E-state index is 0.158. The van der Waals surface area contributed by atoms with Crippen LogP contribution >= 0.6 is 0 Å². The van der Waals surface area contributed by atoms with Crippen LogP contribution in [0.1, 0.15) is 47.1 Å². The van der Waals surface area contributed by atoms with Gasteiger partial charge in [0.2, 0.25) is 0 Å². The van der Waals surface area contributed by atoms with Crippen LogP contribution < -0.4 is 14.2 Å². The Morgan fingerprint density at radius 3 is 1.05 bits per heavy atom. The summed E-state index contributed by atoms with van der Waals surface area (Å²) in [6.45, 7) is 14.1. The zero-order valence-electron chi connectivity index (χ0n) is 25.2. The first-order valence-electron chi connectivity index (χ1n) is 13.9. The first kappa shape index (κ1) is 33.0. The van der Waals surface area contributed by atoms with Crippen molar-refractivity contribution in [3.8, 4) is 17.2 Å². The third kappa shape index (κ3) is 10.4. The molecule has 4 aromatic carbocycles. The van der Waals surface area contributed by atoms with Crippen LogP contribution in [0.3, 0.4) is 0 Å². The van der Waals surface area contributed by atoms with Crippen LogP contribution in [0, 0.1) is 6.92 Å². The van der Waals surface area contributed by atoms with Gasteiger partial charge in [-0.15, -0.1) is 0 Å². The van der Waals surface area contributed by atoms with Gasteiger partial charge in [-0.05, 0) is 133 Å². The van der Waals surface area contributed by atoms with Crippen LogP contribution in [-0.2, 0) is 21.0 Å². The zero-order valence-corrected chi connectivity index (χ0v) is 26.9. The van der Waals surface area contributed by atoms with Crippen LogP contribution in [-0.4, -0.2) is 31.3 Å². The molecule has 8 heteroatoms. The van der Waals surface area contributed by atoms with Gasteiger partial charge in [-0.3, -0.25) is 0 Å². The summed E-state index contributed by atoms with van der Waals surface area (Å²) in [5, 5.41) is 0. The molecule has 0 amide bonds. The lowest BCUT2D eigenvalue weighted by atomic mass is 10.2. The largest absolute Gasteiger partial charge is 0.744 e. The number of ether oxygens (including phenoxy) is 3. The molecule has 4 rings (SSSR count). The van der Waals surface area contributed by atoms with Gasteiger partial charge < -0.3 is 18.8 Å². The highest BCUT2D eigenvalue weighted by Gasteiger charge is 2.29. The minimum atomic E-state index is -4.27. The van der Waals surface area contributed by atoms with Gasteiger partial charge >= 0.3 is 0 Å². The Balaban J connectivity index is 0.000000369. The molecular weight excluding hydrogens is 569 g/mol. The Hall–Kier alpha value is -3.46. The lowest BCUT2D eigenvalue weighted by Crippen LogP contribution is -2.08. The molecule has 0 N–H and O–H groups in total. The maximum atomic E-state index is 10.4. The van der Waals surface area contributed by atoms with E-state index >= 15 is 0 Å². The highest BCUT2D eigenvalue weighted by molar-refractivity contribution is 7.97. The van der Waals surface area contributed by atoms with Crippen molar-refractivity contribution in [1.82, 2.24) is 0 Å². The van der Waals surface area contributed by atoms with E-state index in [1.54, 1.807) is 12.1 Å². The molecule has 0 aliphatic heterocycles. The molecule has 0 aliphatic carbocycles. The molecule has 0 aromatic heterocycles. The Kier molecular flexibility index (Phi) is 11.9. The van der Waals surface area contributed by atoms with Crippen molar-refractivity contribution in [3.63, 3.8) is 0 Å². The average molecular weight is 609 g/mol. The van der Waals surface area contributed by atoms with Crippen molar-refractivity contribution >= 4 is 21.0 Å². The number of rotatable bonds is 10. The Bertz CT molecular complexity index is 1350. The number of hydrogen-bond acceptors (Lipinski definition) is 6. The number of benzene rings is 4. The lowest BCUT2D eigenvalue weighted by Gasteiger charge is -2.13. The Labute approximate surface area is 253 Å². The summed E-state index contributed by atoms with van der Waals surface area (Å²) >= 11 is 0. The summed E-state index contributed by atoms with van der Waals surface area (Å²) in [5.41, 5.74) is 0.928. The van der Waals surface area contributed by atoms with Crippen molar-refractivity contribution in [2.24, 2.45) is 0 Å². The first-order valence-corrected chi connectivity index (χ1v) is 16.5. The Morgan fingerprint density at radius 2 is 0.810 bits per heavy atom. The van der Waals surface area contributed by atoms with Gasteiger partial charge in [0, 0.05) is 0 Å². The summed E-state index contributed by atoms with van der Waals surface area (Å²) in [4.78, 5) is 3.55. The molecule has 0 saturated carbocycles. The van der Waals surface area contributed by atoms with E-state index in [0.29, 0.717) is 0 Å². The smallest absolute Gasteiger partial charge is 0.166 e. The van der Waals surface area contributed by atoms with Gasteiger partial charge in [0.15, 0.2) is 14.7 Å². The Morgan fingerprint density at radius 1 is 0.524 bits per heavy atom. The quantitative estimate of drug-likeness (QED) is 0.134. The molecule has 224 valence electrons. The molecular formula is C34H40O6S2. The second-order valence-corrected chi connectivity index (χ2v) is 13.9. The van der Waals surface area contributed by atoms with Crippen molar-refractivity contribution < 1.29 is 27.2 Å². The number of hydrogen-bond donors (Lipinski definition) is 0. The normalized spacial score (nSPS) is 11.4. The van der Waals surface area contributed by atoms with E-state index in [0.717, 1.165) is 22.8 Å². The molecule has 0 heterocycles. The van der Waals surface area contributed by atoms with E-state index in [2.05, 4.69) is 72.8 Å². The van der Waals surface area contributed by atoms with Crippen LogP contribution in [0.4, 0.5) is 0 Å². The highest BCUT2D eigenvalue weighted by Crippen LogP contribution is 2.34. The molecule has 0 aliphatic rings. The standard InChI is InChI=1S/C27H33O3S.C7H8O3S/c1-19(2)28-22-7-13-25(14-8-22)31(26-15-9-23(10-16-26)29-20(3)4)27-17-11-24(12-18-27)30-21(5)6;1-6-2-4-7(5-3-6)11(8,9)10/h7-21H,1-6H3;2-5H,1H3,(H,8,9,10)/q+1;/p-1. The predicted molar refractivity (Wildman–Crippen MR) is 168 cm³/mol. The lowest BCUT2D eigenvalue weighted by molar-refractivity contribution is 0.242. The summed E-state index contributed by atoms with van der Waals surface area (Å²) < 4.78 is 48.7. The molecule has 0 radical (unpaired) electrons. The molecule has 42 heavy (non-hydrogen) atoms. The fourth-order valence-corrected chi connectivity index (χ4v) is 6.40. The third-order valence-electron chi connectivity index (χ3n) is 5.60. The summed E-state index contributed by atoms with van der Waals surface area (Å²) in [6.07, 6.45) is 0.475. The molecule has 0 spiro atoms. The molecule has 0 atom stereocenters. The monoisotopic (exact) mass is 608 g/mol. The SMILES string of the molecule is CC(C)Oc1ccc([S+](c2ccc(OC(C)C)cc2)c2ccc(OC(C)C)cc2)cc1.Cc1ccc(S(=O)(=O)[O-])cc1. The second kappa shape index (κ2) is 15.1. The van der Waals surface area contributed by atoms with Gasteiger partial charge in [-0.2, -0.15) is 0 Å². The minimum Gasteiger partial charge on any atom is -0.744 e. The third-order valence-corrected chi connectivity index (χ3v) is 8.68. The molecule has 6 nitrogen and oxygen atoms in total. The van der Waals surface area contributed by atoms with Crippen molar-refractivity contribution in [1.29, 1.82) is 0 Å². The summed E-state index contributed by atoms with van der Waals surface area (Å²) in [7, 11) is -4.51. The molecule has 0 fully saturated rings. The van der Waals surface area contributed by atoms with E-state index < -0.39 is 10.1 Å². The van der Waals surface area contributed by atoms with Gasteiger partial charge in [-0.1, -0.05) is 17.7 Å². The summed E-state index contributed by atoms with van der Waals surface area (Å²) in [6, 6.07) is 31.1. The van der Waals surface area contributed by atoms with E-state index in [4.69, 9.17) is 14.2 Å². The second-order valence-electron chi connectivity index (χ2n) is 10.5. The van der Waals surface area contributed by atoms with Crippen LogP contribution in [0.2, 0.25) is 0 Å². The first-order chi connectivity index (χ1) is 19.8. The highest BCUT2D eigenvalue weighted by atomic mass is 32.2. The number of aryl methyl sites for hydroxylation is 1. The zero-order chi connectivity index (χ0) is 30.9.